The molecule has 1 aromatic carbocycles. The number of halogens is 2. The molecule has 0 aliphatic carbocycles. The normalized spacial score (nSPS) is 17.5. The average Bonchev–Trinajstić information content (AvgIpc) is 2.85. The topological polar surface area (TPSA) is 58.6 Å². The van der Waals surface area contributed by atoms with E-state index in [0.29, 0.717) is 22.2 Å². The summed E-state index contributed by atoms with van der Waals surface area (Å²) in [6.07, 6.45) is -0.985. The third-order valence-electron chi connectivity index (χ3n) is 3.01. The number of carbonyl (C=O) groups excluding carboxylic acids is 2. The van der Waals surface area contributed by atoms with Crippen molar-refractivity contribution < 1.29 is 18.7 Å². The predicted octanol–water partition coefficient (Wildman–Crippen LogP) is 2.62. The molecular formula is C14H16ClFN2O3S. The summed E-state index contributed by atoms with van der Waals surface area (Å²) in [4.78, 5) is 24.6. The first-order valence-electron chi connectivity index (χ1n) is 6.72. The molecule has 0 aromatic heterocycles. The van der Waals surface area contributed by atoms with E-state index in [4.69, 9.17) is 16.3 Å². The summed E-state index contributed by atoms with van der Waals surface area (Å²) in [7, 11) is 0. The van der Waals surface area contributed by atoms with E-state index in [1.165, 1.54) is 29.7 Å². The molecular weight excluding hydrogens is 331 g/mol. The zero-order valence-electron chi connectivity index (χ0n) is 12.0. The van der Waals surface area contributed by atoms with Gasteiger partial charge in [-0.15, -0.1) is 23.4 Å². The van der Waals surface area contributed by atoms with Crippen molar-refractivity contribution in [1.82, 2.24) is 5.32 Å². The molecule has 5 nitrogen and oxygen atoms in total. The number of thioether (sulfide) groups is 1. The van der Waals surface area contributed by atoms with Crippen LogP contribution >= 0.6 is 23.4 Å². The van der Waals surface area contributed by atoms with Crippen LogP contribution in [-0.4, -0.2) is 42.8 Å². The molecule has 1 atom stereocenters. The van der Waals surface area contributed by atoms with Crippen molar-refractivity contribution in [3.63, 3.8) is 0 Å². The van der Waals surface area contributed by atoms with Crippen LogP contribution in [-0.2, 0) is 9.53 Å². The summed E-state index contributed by atoms with van der Waals surface area (Å²) >= 11 is 6.90. The fraction of sp³-hybridized carbons (Fsp3) is 0.429. The van der Waals surface area contributed by atoms with Crippen LogP contribution in [0.25, 0.3) is 0 Å². The summed E-state index contributed by atoms with van der Waals surface area (Å²) < 4.78 is 19.1. The van der Waals surface area contributed by atoms with Gasteiger partial charge in [0, 0.05) is 23.5 Å². The predicted molar refractivity (Wildman–Crippen MR) is 84.1 cm³/mol. The molecule has 120 valence electrons. The molecule has 8 heteroatoms. The summed E-state index contributed by atoms with van der Waals surface area (Å²) in [5.41, 5.74) is 0.433. The molecule has 1 heterocycles. The van der Waals surface area contributed by atoms with Gasteiger partial charge in [0.25, 0.3) is 0 Å². The van der Waals surface area contributed by atoms with Crippen molar-refractivity contribution in [1.29, 1.82) is 0 Å². The average molecular weight is 347 g/mol. The van der Waals surface area contributed by atoms with Crippen LogP contribution in [0.1, 0.15) is 6.92 Å². The molecule has 0 bridgehead atoms. The molecule has 2 amide bonds. The van der Waals surface area contributed by atoms with Gasteiger partial charge < -0.3 is 10.1 Å². The lowest BCUT2D eigenvalue weighted by atomic mass is 10.2. The van der Waals surface area contributed by atoms with Crippen molar-refractivity contribution >= 4 is 41.1 Å². The van der Waals surface area contributed by atoms with Gasteiger partial charge in [0.2, 0.25) is 5.91 Å². The minimum atomic E-state index is -0.545. The number of cyclic esters (lactones) is 1. The Morgan fingerprint density at radius 2 is 2.36 bits per heavy atom. The Morgan fingerprint density at radius 1 is 1.59 bits per heavy atom. The zero-order chi connectivity index (χ0) is 16.1. The van der Waals surface area contributed by atoms with E-state index in [1.807, 2.05) is 0 Å². The van der Waals surface area contributed by atoms with Crippen molar-refractivity contribution in [2.75, 3.05) is 29.6 Å². The van der Waals surface area contributed by atoms with Crippen LogP contribution in [0.3, 0.4) is 0 Å². The van der Waals surface area contributed by atoms with Crippen molar-refractivity contribution in [3.05, 3.63) is 24.0 Å². The molecule has 1 saturated heterocycles. The number of anilines is 1. The lowest BCUT2D eigenvalue weighted by Crippen LogP contribution is -2.33. The van der Waals surface area contributed by atoms with Crippen molar-refractivity contribution in [3.8, 4) is 0 Å². The van der Waals surface area contributed by atoms with Gasteiger partial charge in [0.05, 0.1) is 18.8 Å². The number of hydrogen-bond donors (Lipinski definition) is 1. The summed E-state index contributed by atoms with van der Waals surface area (Å²) in [6, 6.07) is 4.59. The number of hydrogen-bond acceptors (Lipinski definition) is 4. The van der Waals surface area contributed by atoms with Crippen LogP contribution in [0, 0.1) is 5.82 Å². The molecule has 1 fully saturated rings. The molecule has 22 heavy (non-hydrogen) atoms. The third-order valence-corrected chi connectivity index (χ3v) is 4.48. The number of ether oxygens (including phenoxy) is 1. The molecule has 1 aliphatic heterocycles. The highest BCUT2D eigenvalue weighted by Crippen LogP contribution is 2.28. The second kappa shape index (κ2) is 7.69. The first kappa shape index (κ1) is 16.9. The maximum Gasteiger partial charge on any atom is 0.414 e. The molecule has 0 spiro atoms. The Morgan fingerprint density at radius 3 is 3.00 bits per heavy atom. The first-order valence-corrected chi connectivity index (χ1v) is 8.24. The van der Waals surface area contributed by atoms with E-state index < -0.39 is 18.0 Å². The SMILES string of the molecule is CC(=O)NC[C@H]1CN(c2ccc(SCCCl)c(F)c2)C(=O)O1. The maximum atomic E-state index is 14.0. The van der Waals surface area contributed by atoms with Crippen LogP contribution in [0.15, 0.2) is 23.1 Å². The van der Waals surface area contributed by atoms with Gasteiger partial charge in [-0.1, -0.05) is 0 Å². The van der Waals surface area contributed by atoms with E-state index in [2.05, 4.69) is 5.32 Å². The lowest BCUT2D eigenvalue weighted by Gasteiger charge is -2.14. The smallest absolute Gasteiger partial charge is 0.414 e. The summed E-state index contributed by atoms with van der Waals surface area (Å²) in [5, 5.41) is 2.59. The Kier molecular flexibility index (Phi) is 5.90. The van der Waals surface area contributed by atoms with Crippen LogP contribution in [0.2, 0.25) is 0 Å². The number of nitrogens with zero attached hydrogens (tertiary/aromatic N) is 1. The molecule has 1 aliphatic rings. The molecule has 1 N–H and O–H groups in total. The fourth-order valence-electron chi connectivity index (χ4n) is 2.02. The van der Waals surface area contributed by atoms with Gasteiger partial charge in [-0.3, -0.25) is 9.69 Å². The van der Waals surface area contributed by atoms with Crippen molar-refractivity contribution in [2.24, 2.45) is 0 Å². The van der Waals surface area contributed by atoms with Crippen molar-refractivity contribution in [2.45, 2.75) is 17.9 Å². The van der Waals surface area contributed by atoms with Gasteiger partial charge in [-0.25, -0.2) is 9.18 Å². The van der Waals surface area contributed by atoms with Gasteiger partial charge in [-0.05, 0) is 18.2 Å². The fourth-order valence-corrected chi connectivity index (χ4v) is 2.91. The Hall–Kier alpha value is -1.47. The number of rotatable bonds is 6. The maximum absolute atomic E-state index is 14.0. The standard InChI is InChI=1S/C14H16ClFN2O3S/c1-9(19)17-7-11-8-18(14(20)21-11)10-2-3-13(12(16)6-10)22-5-4-15/h2-3,6,11H,4-5,7-8H2,1H3,(H,17,19)/t11-/m0/s1. The first-order chi connectivity index (χ1) is 10.5. The van der Waals surface area contributed by atoms with Gasteiger partial charge in [0.15, 0.2) is 0 Å². The highest BCUT2D eigenvalue weighted by molar-refractivity contribution is 7.99. The highest BCUT2D eigenvalue weighted by Gasteiger charge is 2.32. The summed E-state index contributed by atoms with van der Waals surface area (Å²) in [5.74, 6) is 0.462. The molecule has 0 radical (unpaired) electrons. The number of carbonyl (C=O) groups is 2. The van der Waals surface area contributed by atoms with E-state index >= 15 is 0 Å². The molecule has 0 unspecified atom stereocenters. The number of amides is 2. The molecule has 2 rings (SSSR count). The van der Waals surface area contributed by atoms with Gasteiger partial charge >= 0.3 is 6.09 Å². The third kappa shape index (κ3) is 4.27. The van der Waals surface area contributed by atoms with Gasteiger partial charge in [0.1, 0.15) is 11.9 Å². The van der Waals surface area contributed by atoms with E-state index in [9.17, 15) is 14.0 Å². The Balaban J connectivity index is 2.03. The largest absolute Gasteiger partial charge is 0.442 e. The minimum absolute atomic E-state index is 0.193. The zero-order valence-corrected chi connectivity index (χ0v) is 13.5. The molecule has 0 saturated carbocycles. The lowest BCUT2D eigenvalue weighted by molar-refractivity contribution is -0.119. The van der Waals surface area contributed by atoms with E-state index in [-0.39, 0.29) is 19.0 Å². The highest BCUT2D eigenvalue weighted by atomic mass is 35.5. The Bertz CT molecular complexity index is 573. The Labute approximate surface area is 137 Å². The van der Waals surface area contributed by atoms with Gasteiger partial charge in [-0.2, -0.15) is 0 Å². The van der Waals surface area contributed by atoms with E-state index in [0.717, 1.165) is 0 Å². The van der Waals surface area contributed by atoms with Crippen LogP contribution in [0.4, 0.5) is 14.9 Å². The number of alkyl halides is 1. The summed E-state index contributed by atoms with van der Waals surface area (Å²) in [6.45, 7) is 1.90. The molecule has 1 aromatic rings. The second-order valence-corrected chi connectivity index (χ2v) is 6.22. The van der Waals surface area contributed by atoms with Crippen LogP contribution < -0.4 is 10.2 Å². The van der Waals surface area contributed by atoms with Crippen LogP contribution in [0.5, 0.6) is 0 Å². The quantitative estimate of drug-likeness (QED) is 0.635. The number of nitrogens with one attached hydrogen (secondary N) is 1. The second-order valence-electron chi connectivity index (χ2n) is 4.71. The minimum Gasteiger partial charge on any atom is -0.442 e. The number of benzene rings is 1. The monoisotopic (exact) mass is 346 g/mol. The van der Waals surface area contributed by atoms with E-state index in [1.54, 1.807) is 12.1 Å².